The number of ether oxygens (including phenoxy) is 6. The van der Waals surface area contributed by atoms with E-state index in [1.165, 1.54) is 0 Å². The van der Waals surface area contributed by atoms with Crippen molar-refractivity contribution in [2.75, 3.05) is 0 Å². The summed E-state index contributed by atoms with van der Waals surface area (Å²) < 4.78 is 36.2. The molecule has 24 atom stereocenters. The zero-order chi connectivity index (χ0) is 49.5. The van der Waals surface area contributed by atoms with Crippen LogP contribution >= 0.6 is 0 Å². The lowest BCUT2D eigenvalue weighted by Crippen LogP contribution is -2.68. The third-order valence-corrected chi connectivity index (χ3v) is 19.1. The molecule has 0 aromatic carbocycles. The fraction of sp³-hybridized carbons (Fsp3) is 0.896. The second kappa shape index (κ2) is 17.2. The van der Waals surface area contributed by atoms with Gasteiger partial charge in [0.15, 0.2) is 36.9 Å². The lowest BCUT2D eigenvalue weighted by molar-refractivity contribution is -0.371. The van der Waals surface area contributed by atoms with Crippen LogP contribution in [-0.2, 0) is 42.8 Å². The lowest BCUT2D eigenvalue weighted by atomic mass is 9.33. The van der Waals surface area contributed by atoms with Gasteiger partial charge in [-0.25, -0.2) is 9.59 Å². The predicted molar refractivity (Wildman–Crippen MR) is 230 cm³/mol. The molecule has 0 bridgehead atoms. The number of rotatable bonds is 8. The van der Waals surface area contributed by atoms with Gasteiger partial charge in [-0.1, -0.05) is 61.0 Å². The van der Waals surface area contributed by atoms with Crippen LogP contribution < -0.4 is 0 Å². The molecule has 10 N–H and O–H groups in total. The van der Waals surface area contributed by atoms with Gasteiger partial charge in [0.2, 0.25) is 0 Å². The minimum Gasteiger partial charge on any atom is -0.479 e. The molecule has 3 heterocycles. The van der Waals surface area contributed by atoms with Crippen molar-refractivity contribution in [3.8, 4) is 0 Å². The number of allylic oxidation sites excluding steroid dienone is 2. The fourth-order valence-corrected chi connectivity index (χ4v) is 15.0. The molecule has 7 fully saturated rings. The lowest BCUT2D eigenvalue weighted by Gasteiger charge is -2.71. The number of carbonyl (C=O) groups is 3. The summed E-state index contributed by atoms with van der Waals surface area (Å²) >= 11 is 0. The van der Waals surface area contributed by atoms with Gasteiger partial charge in [-0.2, -0.15) is 0 Å². The molecule has 8 rings (SSSR count). The zero-order valence-corrected chi connectivity index (χ0v) is 39.9. The highest BCUT2D eigenvalue weighted by atomic mass is 16.8. The van der Waals surface area contributed by atoms with Gasteiger partial charge >= 0.3 is 11.9 Å². The first-order valence-corrected chi connectivity index (χ1v) is 24.0. The third kappa shape index (κ3) is 7.88. The molecule has 19 heteroatoms. The number of hydrogen-bond donors (Lipinski definition) is 10. The summed E-state index contributed by atoms with van der Waals surface area (Å²) in [6, 6.07) is 0. The Hall–Kier alpha value is -2.21. The summed E-state index contributed by atoms with van der Waals surface area (Å²) in [7, 11) is 0. The maximum atomic E-state index is 15.2. The molecule has 4 saturated carbocycles. The molecule has 67 heavy (non-hydrogen) atoms. The van der Waals surface area contributed by atoms with Gasteiger partial charge in [0.25, 0.3) is 0 Å². The Bertz CT molecular complexity index is 1960. The number of carboxylic acid groups (broad SMARTS) is 2. The van der Waals surface area contributed by atoms with Crippen LogP contribution in [0.25, 0.3) is 0 Å². The van der Waals surface area contributed by atoms with Crippen LogP contribution in [0.15, 0.2) is 11.6 Å². The van der Waals surface area contributed by atoms with E-state index >= 15 is 4.79 Å². The monoisotopic (exact) mass is 954 g/mol. The summed E-state index contributed by atoms with van der Waals surface area (Å²) in [6.45, 7) is 19.0. The van der Waals surface area contributed by atoms with E-state index in [4.69, 9.17) is 28.4 Å². The fourth-order valence-electron chi connectivity index (χ4n) is 15.0. The Morgan fingerprint density at radius 2 is 1.15 bits per heavy atom. The summed E-state index contributed by atoms with van der Waals surface area (Å²) in [6.07, 6.45) is -19.6. The second-order valence-electron chi connectivity index (χ2n) is 23.8. The SMILES string of the molecule is CC1OC(OC2CC(C)(C)CC3C4=CC(=O)C5C6(C)CCC(OC7OC(C(=O)O)C(O)C(O)C7OC7OC(C(=O)O)C(O)C(O)C7O)C(C)(C)C6CCC5(C)C4(C)CCC23C)C(O)C(O)C1O. The topological polar surface area (TPSA) is 309 Å². The van der Waals surface area contributed by atoms with Crippen LogP contribution in [0, 0.1) is 50.2 Å². The molecule has 8 aliphatic rings. The van der Waals surface area contributed by atoms with Crippen LogP contribution in [0.5, 0.6) is 0 Å². The summed E-state index contributed by atoms with van der Waals surface area (Å²) in [5.41, 5.74) is -1.65. The van der Waals surface area contributed by atoms with Crippen molar-refractivity contribution >= 4 is 17.7 Å². The molecule has 3 saturated heterocycles. The van der Waals surface area contributed by atoms with Crippen molar-refractivity contribution in [3.05, 3.63) is 11.6 Å². The van der Waals surface area contributed by atoms with Crippen LogP contribution in [0.3, 0.4) is 0 Å². The average molecular weight is 955 g/mol. The Balaban J connectivity index is 1.06. The van der Waals surface area contributed by atoms with Gasteiger partial charge in [0.05, 0.1) is 18.3 Å². The number of aliphatic hydroxyl groups is 8. The Kier molecular flexibility index (Phi) is 13.2. The highest BCUT2D eigenvalue weighted by molar-refractivity contribution is 5.95. The molecule has 0 aromatic heterocycles. The normalized spacial score (nSPS) is 53.8. The summed E-state index contributed by atoms with van der Waals surface area (Å²) in [5, 5.41) is 105. The van der Waals surface area contributed by atoms with Crippen molar-refractivity contribution in [1.29, 1.82) is 0 Å². The van der Waals surface area contributed by atoms with E-state index in [1.54, 1.807) is 6.92 Å². The highest BCUT2D eigenvalue weighted by Gasteiger charge is 2.71. The highest BCUT2D eigenvalue weighted by Crippen LogP contribution is 2.75. The first kappa shape index (κ1) is 51.2. The van der Waals surface area contributed by atoms with E-state index in [1.807, 2.05) is 19.9 Å². The second-order valence-corrected chi connectivity index (χ2v) is 23.8. The van der Waals surface area contributed by atoms with Gasteiger partial charge in [-0.05, 0) is 103 Å². The first-order chi connectivity index (χ1) is 30.9. The van der Waals surface area contributed by atoms with Gasteiger partial charge in [0.1, 0.15) is 54.9 Å². The number of ketones is 1. The number of carbonyl (C=O) groups excluding carboxylic acids is 1. The van der Waals surface area contributed by atoms with Gasteiger partial charge < -0.3 is 79.5 Å². The molecule has 0 amide bonds. The Morgan fingerprint density at radius 1 is 0.597 bits per heavy atom. The van der Waals surface area contributed by atoms with Crippen molar-refractivity contribution in [1.82, 2.24) is 0 Å². The van der Waals surface area contributed by atoms with E-state index in [9.17, 15) is 60.7 Å². The maximum Gasteiger partial charge on any atom is 0.335 e. The summed E-state index contributed by atoms with van der Waals surface area (Å²) in [4.78, 5) is 39.4. The third-order valence-electron chi connectivity index (χ3n) is 19.1. The molecule has 5 aliphatic carbocycles. The number of hydrogen-bond acceptors (Lipinski definition) is 17. The zero-order valence-electron chi connectivity index (χ0n) is 39.9. The van der Waals surface area contributed by atoms with Crippen molar-refractivity contribution in [2.45, 2.75) is 218 Å². The minimum atomic E-state index is -2.06. The molecule has 0 radical (unpaired) electrons. The van der Waals surface area contributed by atoms with E-state index in [0.717, 1.165) is 24.8 Å². The molecule has 0 aromatic rings. The van der Waals surface area contributed by atoms with Gasteiger partial charge in [-0.3, -0.25) is 4.79 Å². The largest absolute Gasteiger partial charge is 0.479 e. The van der Waals surface area contributed by atoms with E-state index in [-0.39, 0.29) is 40.5 Å². The molecular formula is C48H74O19. The van der Waals surface area contributed by atoms with Crippen molar-refractivity contribution in [2.24, 2.45) is 50.2 Å². The van der Waals surface area contributed by atoms with Crippen LogP contribution in [0.1, 0.15) is 114 Å². The Morgan fingerprint density at radius 3 is 1.76 bits per heavy atom. The van der Waals surface area contributed by atoms with Crippen LogP contribution in [-0.4, -0.2) is 173 Å². The molecule has 3 aliphatic heterocycles. The summed E-state index contributed by atoms with van der Waals surface area (Å²) in [5.74, 6) is -3.77. The van der Waals surface area contributed by atoms with Crippen LogP contribution in [0.2, 0.25) is 0 Å². The first-order valence-electron chi connectivity index (χ1n) is 24.0. The molecule has 24 unspecified atom stereocenters. The van der Waals surface area contributed by atoms with Crippen molar-refractivity contribution in [3.63, 3.8) is 0 Å². The van der Waals surface area contributed by atoms with Gasteiger partial charge in [0, 0.05) is 11.3 Å². The van der Waals surface area contributed by atoms with Crippen LogP contribution in [0.4, 0.5) is 0 Å². The van der Waals surface area contributed by atoms with Gasteiger partial charge in [-0.15, -0.1) is 0 Å². The molecule has 0 spiro atoms. The molecular weight excluding hydrogens is 881 g/mol. The number of aliphatic hydroxyl groups excluding tert-OH is 8. The van der Waals surface area contributed by atoms with E-state index < -0.39 is 132 Å². The Labute approximate surface area is 390 Å². The molecule has 19 nitrogen and oxygen atoms in total. The van der Waals surface area contributed by atoms with Crippen molar-refractivity contribution < 1.29 is 93.9 Å². The molecule has 380 valence electrons. The van der Waals surface area contributed by atoms with E-state index in [2.05, 4.69) is 41.5 Å². The number of fused-ring (bicyclic) bond motifs is 7. The smallest absolute Gasteiger partial charge is 0.335 e. The number of aliphatic carboxylic acids is 2. The van der Waals surface area contributed by atoms with E-state index in [0.29, 0.717) is 32.1 Å². The predicted octanol–water partition coefficient (Wildman–Crippen LogP) is 1.00. The maximum absolute atomic E-state index is 15.2. The number of carboxylic acids is 2. The average Bonchev–Trinajstić information content (AvgIpc) is 3.23. The standard InChI is InChI=1S/C48H74O19/c1-19-26(50)27(51)32(56)40(62-19)64-25-18-43(2,3)17-21-20-16-22(49)37-46(7)12-11-24(44(4,5)23(46)10-13-48(37,9)47(20,8)15-14-45(21,25)6)63-42-36(31(55)30(54)35(66-42)39(60)61)67-41-33(57)28(52)29(53)34(65-41)38(58)59/h16,19,21,23-37,40-42,50-57H,10-15,17-18H2,1-9H3,(H,58,59)(H,60,61). The minimum absolute atomic E-state index is 0.0425. The quantitative estimate of drug-likeness (QED) is 0.152.